The molecule has 20 heavy (non-hydrogen) atoms. The summed E-state index contributed by atoms with van der Waals surface area (Å²) in [5.41, 5.74) is 0.889. The summed E-state index contributed by atoms with van der Waals surface area (Å²) in [6.45, 7) is 2.86. The number of nitro benzene ring substituents is 1. The van der Waals surface area contributed by atoms with E-state index in [1.54, 1.807) is 12.1 Å². The SMILES string of the molecule is C[C@@H](NCc1ccc(Cl)c([N+](=O)[O-])c1)C1CCCCC1. The van der Waals surface area contributed by atoms with Crippen LogP contribution in [-0.4, -0.2) is 11.0 Å². The van der Waals surface area contributed by atoms with Gasteiger partial charge in [-0.25, -0.2) is 0 Å². The van der Waals surface area contributed by atoms with Crippen LogP contribution in [0, 0.1) is 16.0 Å². The van der Waals surface area contributed by atoms with E-state index < -0.39 is 4.92 Å². The quantitative estimate of drug-likeness (QED) is 0.651. The Hall–Kier alpha value is -1.13. The van der Waals surface area contributed by atoms with Crippen LogP contribution in [0.2, 0.25) is 5.02 Å². The van der Waals surface area contributed by atoms with Gasteiger partial charge in [-0.15, -0.1) is 0 Å². The zero-order valence-electron chi connectivity index (χ0n) is 11.8. The number of hydrogen-bond acceptors (Lipinski definition) is 3. The molecular weight excluding hydrogens is 276 g/mol. The molecule has 1 saturated carbocycles. The molecule has 1 aromatic rings. The minimum absolute atomic E-state index is 0.0173. The molecule has 4 nitrogen and oxygen atoms in total. The Balaban J connectivity index is 1.93. The zero-order chi connectivity index (χ0) is 14.5. The van der Waals surface area contributed by atoms with Gasteiger partial charge in [0.15, 0.2) is 0 Å². The van der Waals surface area contributed by atoms with E-state index in [4.69, 9.17) is 11.6 Å². The number of nitrogens with zero attached hydrogens (tertiary/aromatic N) is 1. The van der Waals surface area contributed by atoms with Gasteiger partial charge in [0.25, 0.3) is 5.69 Å². The Morgan fingerprint density at radius 2 is 2.10 bits per heavy atom. The van der Waals surface area contributed by atoms with Crippen LogP contribution in [0.4, 0.5) is 5.69 Å². The third kappa shape index (κ3) is 3.93. The number of benzene rings is 1. The molecule has 0 saturated heterocycles. The maximum Gasteiger partial charge on any atom is 0.288 e. The summed E-state index contributed by atoms with van der Waals surface area (Å²) in [5.74, 6) is 0.728. The van der Waals surface area contributed by atoms with Crippen LogP contribution >= 0.6 is 11.6 Å². The van der Waals surface area contributed by atoms with Gasteiger partial charge < -0.3 is 5.32 Å². The van der Waals surface area contributed by atoms with E-state index in [1.807, 2.05) is 6.07 Å². The Kier molecular flexibility index (Phi) is 5.38. The van der Waals surface area contributed by atoms with Gasteiger partial charge in [0, 0.05) is 18.7 Å². The first kappa shape index (κ1) is 15.3. The van der Waals surface area contributed by atoms with Gasteiger partial charge in [-0.1, -0.05) is 36.9 Å². The standard InChI is InChI=1S/C15H21ClN2O2/c1-11(13-5-3-2-4-6-13)17-10-12-7-8-14(16)15(9-12)18(19)20/h7-9,11,13,17H,2-6,10H2,1H3/t11-/m1/s1. The molecule has 1 N–H and O–H groups in total. The van der Waals surface area contributed by atoms with Crippen LogP contribution in [0.15, 0.2) is 18.2 Å². The highest BCUT2D eigenvalue weighted by Crippen LogP contribution is 2.27. The largest absolute Gasteiger partial charge is 0.310 e. The molecule has 5 heteroatoms. The maximum atomic E-state index is 10.9. The van der Waals surface area contributed by atoms with Gasteiger partial charge in [0.05, 0.1) is 4.92 Å². The van der Waals surface area contributed by atoms with E-state index in [0.717, 1.165) is 11.5 Å². The van der Waals surface area contributed by atoms with Crippen molar-refractivity contribution in [2.75, 3.05) is 0 Å². The van der Waals surface area contributed by atoms with Crippen molar-refractivity contribution in [1.29, 1.82) is 0 Å². The second-order valence-electron chi connectivity index (χ2n) is 5.61. The predicted molar refractivity (Wildman–Crippen MR) is 81.0 cm³/mol. The van der Waals surface area contributed by atoms with Crippen LogP contribution in [0.3, 0.4) is 0 Å². The molecule has 0 aliphatic heterocycles. The lowest BCUT2D eigenvalue weighted by molar-refractivity contribution is -0.384. The van der Waals surface area contributed by atoms with Gasteiger partial charge in [0.1, 0.15) is 5.02 Å². The lowest BCUT2D eigenvalue weighted by Gasteiger charge is -2.28. The summed E-state index contributed by atoms with van der Waals surface area (Å²) in [6, 6.07) is 5.45. The molecule has 0 aromatic heterocycles. The number of rotatable bonds is 5. The van der Waals surface area contributed by atoms with Gasteiger partial charge in [0.2, 0.25) is 0 Å². The maximum absolute atomic E-state index is 10.9. The summed E-state index contributed by atoms with van der Waals surface area (Å²) < 4.78 is 0. The molecule has 1 fully saturated rings. The topological polar surface area (TPSA) is 55.2 Å². The molecule has 1 aliphatic carbocycles. The van der Waals surface area contributed by atoms with E-state index in [2.05, 4.69) is 12.2 Å². The van der Waals surface area contributed by atoms with Crippen molar-refractivity contribution in [3.63, 3.8) is 0 Å². The number of halogens is 1. The lowest BCUT2D eigenvalue weighted by atomic mass is 9.84. The van der Waals surface area contributed by atoms with E-state index in [1.165, 1.54) is 32.1 Å². The van der Waals surface area contributed by atoms with Gasteiger partial charge in [-0.3, -0.25) is 10.1 Å². The molecule has 1 aromatic carbocycles. The summed E-state index contributed by atoms with van der Waals surface area (Å²) in [4.78, 5) is 10.4. The van der Waals surface area contributed by atoms with Gasteiger partial charge in [-0.05, 0) is 37.3 Å². The van der Waals surface area contributed by atoms with Crippen molar-refractivity contribution in [2.24, 2.45) is 5.92 Å². The highest BCUT2D eigenvalue weighted by Gasteiger charge is 2.20. The van der Waals surface area contributed by atoms with Crippen LogP contribution in [0.1, 0.15) is 44.6 Å². The molecule has 0 heterocycles. The van der Waals surface area contributed by atoms with Crippen LogP contribution < -0.4 is 5.32 Å². The molecular formula is C15H21ClN2O2. The fraction of sp³-hybridized carbons (Fsp3) is 0.600. The number of hydrogen-bond donors (Lipinski definition) is 1. The molecule has 0 amide bonds. The van der Waals surface area contributed by atoms with Crippen LogP contribution in [0.5, 0.6) is 0 Å². The van der Waals surface area contributed by atoms with E-state index in [-0.39, 0.29) is 10.7 Å². The Morgan fingerprint density at radius 1 is 1.40 bits per heavy atom. The van der Waals surface area contributed by atoms with Crippen molar-refractivity contribution in [2.45, 2.75) is 51.6 Å². The molecule has 110 valence electrons. The monoisotopic (exact) mass is 296 g/mol. The molecule has 0 radical (unpaired) electrons. The Bertz CT molecular complexity index is 473. The van der Waals surface area contributed by atoms with Crippen molar-refractivity contribution in [3.05, 3.63) is 38.9 Å². The minimum atomic E-state index is -0.434. The Labute approximate surface area is 124 Å². The molecule has 0 bridgehead atoms. The van der Waals surface area contributed by atoms with Crippen LogP contribution in [-0.2, 0) is 6.54 Å². The fourth-order valence-electron chi connectivity index (χ4n) is 2.89. The van der Waals surface area contributed by atoms with Gasteiger partial charge in [-0.2, -0.15) is 0 Å². The second kappa shape index (κ2) is 7.04. The summed E-state index contributed by atoms with van der Waals surface area (Å²) in [6.07, 6.45) is 6.57. The third-order valence-corrected chi connectivity index (χ3v) is 4.51. The second-order valence-corrected chi connectivity index (χ2v) is 6.02. The fourth-order valence-corrected chi connectivity index (χ4v) is 3.07. The molecule has 2 rings (SSSR count). The first-order chi connectivity index (χ1) is 9.58. The number of nitrogens with one attached hydrogen (secondary N) is 1. The van der Waals surface area contributed by atoms with Crippen molar-refractivity contribution < 1.29 is 4.92 Å². The summed E-state index contributed by atoms with van der Waals surface area (Å²) in [5, 5.41) is 14.5. The van der Waals surface area contributed by atoms with Crippen molar-refractivity contribution in [1.82, 2.24) is 5.32 Å². The zero-order valence-corrected chi connectivity index (χ0v) is 12.5. The first-order valence-electron chi connectivity index (χ1n) is 7.24. The molecule has 1 atom stereocenters. The highest BCUT2D eigenvalue weighted by atomic mass is 35.5. The van der Waals surface area contributed by atoms with E-state index >= 15 is 0 Å². The van der Waals surface area contributed by atoms with Crippen LogP contribution in [0.25, 0.3) is 0 Å². The van der Waals surface area contributed by atoms with Crippen molar-refractivity contribution >= 4 is 17.3 Å². The Morgan fingerprint density at radius 3 is 2.75 bits per heavy atom. The van der Waals surface area contributed by atoms with Gasteiger partial charge >= 0.3 is 0 Å². The average Bonchev–Trinajstić information content (AvgIpc) is 2.46. The summed E-state index contributed by atoms with van der Waals surface area (Å²) >= 11 is 5.81. The highest BCUT2D eigenvalue weighted by molar-refractivity contribution is 6.32. The number of nitro groups is 1. The van der Waals surface area contributed by atoms with E-state index in [9.17, 15) is 10.1 Å². The minimum Gasteiger partial charge on any atom is -0.310 e. The molecule has 1 aliphatic rings. The third-order valence-electron chi connectivity index (χ3n) is 4.19. The normalized spacial score (nSPS) is 17.9. The molecule has 0 unspecified atom stereocenters. The molecule has 0 spiro atoms. The predicted octanol–water partition coefficient (Wildman–Crippen LogP) is 4.31. The van der Waals surface area contributed by atoms with Crippen molar-refractivity contribution in [3.8, 4) is 0 Å². The average molecular weight is 297 g/mol. The smallest absolute Gasteiger partial charge is 0.288 e. The summed E-state index contributed by atoms with van der Waals surface area (Å²) in [7, 11) is 0. The van der Waals surface area contributed by atoms with E-state index in [0.29, 0.717) is 12.6 Å². The first-order valence-corrected chi connectivity index (χ1v) is 7.62. The lowest BCUT2D eigenvalue weighted by Crippen LogP contribution is -2.34.